The number of amides is 1. The minimum Gasteiger partial charge on any atom is -0.444 e. The maximum atomic E-state index is 12.0. The van der Waals surface area contributed by atoms with Gasteiger partial charge in [-0.3, -0.25) is 0 Å². The molecule has 0 bridgehead atoms. The van der Waals surface area contributed by atoms with Crippen molar-refractivity contribution in [3.8, 4) is 0 Å². The standard InChI is InChI=1S/C15H29NO4/c1-14(2,3)20-13(18)16-9-7-11(8-10-16)15(4,5)12(17)19-6/h11-12,17H,7-10H2,1-6H3. The fraction of sp³-hybridized carbons (Fsp3) is 0.933. The Labute approximate surface area is 122 Å². The van der Waals surface area contributed by atoms with Crippen LogP contribution in [0.1, 0.15) is 47.5 Å². The quantitative estimate of drug-likeness (QED) is 0.811. The van der Waals surface area contributed by atoms with Crippen LogP contribution in [0, 0.1) is 11.3 Å². The first-order valence-corrected chi connectivity index (χ1v) is 7.26. The molecule has 1 saturated heterocycles. The first kappa shape index (κ1) is 17.2. The predicted octanol–water partition coefficient (Wildman–Crippen LogP) is 2.62. The van der Waals surface area contributed by atoms with Gasteiger partial charge in [-0.2, -0.15) is 0 Å². The number of nitrogens with zero attached hydrogens (tertiary/aromatic N) is 1. The zero-order valence-electron chi connectivity index (χ0n) is 13.6. The van der Waals surface area contributed by atoms with Crippen LogP contribution in [0.4, 0.5) is 4.79 Å². The van der Waals surface area contributed by atoms with Gasteiger partial charge in [0.25, 0.3) is 0 Å². The Morgan fingerprint density at radius 2 is 1.70 bits per heavy atom. The Bertz CT molecular complexity index is 327. The molecule has 0 aromatic heterocycles. The average Bonchev–Trinajstić information content (AvgIpc) is 2.35. The second kappa shape index (κ2) is 6.31. The molecule has 1 heterocycles. The lowest BCUT2D eigenvalue weighted by atomic mass is 9.73. The van der Waals surface area contributed by atoms with Gasteiger partial charge in [-0.25, -0.2) is 4.79 Å². The van der Waals surface area contributed by atoms with E-state index in [4.69, 9.17) is 9.47 Å². The molecule has 0 saturated carbocycles. The van der Waals surface area contributed by atoms with Crippen molar-refractivity contribution in [2.24, 2.45) is 11.3 Å². The highest BCUT2D eigenvalue weighted by atomic mass is 16.6. The van der Waals surface area contributed by atoms with Crippen molar-refractivity contribution in [3.63, 3.8) is 0 Å². The molecule has 5 heteroatoms. The summed E-state index contributed by atoms with van der Waals surface area (Å²) in [6.45, 7) is 11.0. The van der Waals surface area contributed by atoms with Crippen molar-refractivity contribution in [1.29, 1.82) is 0 Å². The van der Waals surface area contributed by atoms with Gasteiger partial charge < -0.3 is 19.5 Å². The summed E-state index contributed by atoms with van der Waals surface area (Å²) in [7, 11) is 1.52. The lowest BCUT2D eigenvalue weighted by molar-refractivity contribution is -0.169. The third-order valence-corrected chi connectivity index (χ3v) is 4.06. The van der Waals surface area contributed by atoms with Gasteiger partial charge in [0.15, 0.2) is 6.29 Å². The van der Waals surface area contributed by atoms with Gasteiger partial charge in [0.05, 0.1) is 0 Å². The first-order chi connectivity index (χ1) is 9.08. The van der Waals surface area contributed by atoms with E-state index < -0.39 is 11.9 Å². The number of piperidine rings is 1. The van der Waals surface area contributed by atoms with Crippen molar-refractivity contribution >= 4 is 6.09 Å². The Balaban J connectivity index is 2.54. The molecule has 0 aromatic carbocycles. The van der Waals surface area contributed by atoms with E-state index in [-0.39, 0.29) is 11.5 Å². The molecule has 1 unspecified atom stereocenters. The summed E-state index contributed by atoms with van der Waals surface area (Å²) in [5, 5.41) is 9.94. The van der Waals surface area contributed by atoms with Crippen molar-refractivity contribution < 1.29 is 19.4 Å². The molecule has 1 fully saturated rings. The summed E-state index contributed by atoms with van der Waals surface area (Å²) in [4.78, 5) is 13.7. The molecule has 1 rings (SSSR count). The smallest absolute Gasteiger partial charge is 0.410 e. The number of likely N-dealkylation sites (tertiary alicyclic amines) is 1. The number of methoxy groups -OCH3 is 1. The molecule has 1 aliphatic heterocycles. The Hall–Kier alpha value is -0.810. The highest BCUT2D eigenvalue weighted by Gasteiger charge is 2.39. The van der Waals surface area contributed by atoms with Crippen LogP contribution in [-0.2, 0) is 9.47 Å². The fourth-order valence-corrected chi connectivity index (χ4v) is 2.64. The number of carbonyl (C=O) groups is 1. The third-order valence-electron chi connectivity index (χ3n) is 4.06. The van der Waals surface area contributed by atoms with Crippen molar-refractivity contribution in [2.45, 2.75) is 59.4 Å². The van der Waals surface area contributed by atoms with Crippen LogP contribution in [0.25, 0.3) is 0 Å². The normalized spacial score (nSPS) is 19.9. The molecule has 1 amide bonds. The Morgan fingerprint density at radius 3 is 2.10 bits per heavy atom. The van der Waals surface area contributed by atoms with Crippen LogP contribution in [0.15, 0.2) is 0 Å². The molecule has 1 N–H and O–H groups in total. The topological polar surface area (TPSA) is 59.0 Å². The van der Waals surface area contributed by atoms with Gasteiger partial charge in [0.1, 0.15) is 5.60 Å². The summed E-state index contributed by atoms with van der Waals surface area (Å²) < 4.78 is 10.4. The maximum Gasteiger partial charge on any atom is 0.410 e. The minimum atomic E-state index is -0.777. The zero-order valence-corrected chi connectivity index (χ0v) is 13.6. The number of carbonyl (C=O) groups excluding carboxylic acids is 1. The van der Waals surface area contributed by atoms with Gasteiger partial charge in [-0.05, 0) is 39.5 Å². The highest BCUT2D eigenvalue weighted by Crippen LogP contribution is 2.38. The summed E-state index contributed by atoms with van der Waals surface area (Å²) in [5.41, 5.74) is -0.770. The molecule has 5 nitrogen and oxygen atoms in total. The molecule has 118 valence electrons. The SMILES string of the molecule is COC(O)C(C)(C)C1CCN(C(=O)OC(C)(C)C)CC1. The van der Waals surface area contributed by atoms with Crippen LogP contribution in [0.5, 0.6) is 0 Å². The van der Waals surface area contributed by atoms with Gasteiger partial charge in [-0.1, -0.05) is 13.8 Å². The lowest BCUT2D eigenvalue weighted by Gasteiger charge is -2.42. The van der Waals surface area contributed by atoms with E-state index in [0.717, 1.165) is 12.8 Å². The summed E-state index contributed by atoms with van der Waals surface area (Å²) in [5.74, 6) is 0.330. The van der Waals surface area contributed by atoms with Gasteiger partial charge in [-0.15, -0.1) is 0 Å². The van der Waals surface area contributed by atoms with Crippen LogP contribution in [0.3, 0.4) is 0 Å². The van der Waals surface area contributed by atoms with Crippen molar-refractivity contribution in [3.05, 3.63) is 0 Å². The van der Waals surface area contributed by atoms with E-state index >= 15 is 0 Å². The average molecular weight is 287 g/mol. The highest BCUT2D eigenvalue weighted by molar-refractivity contribution is 5.68. The van der Waals surface area contributed by atoms with Crippen molar-refractivity contribution in [1.82, 2.24) is 4.90 Å². The summed E-state index contributed by atoms with van der Waals surface area (Å²) >= 11 is 0. The molecular formula is C15H29NO4. The van der Waals surface area contributed by atoms with E-state index in [1.54, 1.807) is 4.90 Å². The molecule has 20 heavy (non-hydrogen) atoms. The van der Waals surface area contributed by atoms with E-state index in [2.05, 4.69) is 0 Å². The number of ether oxygens (including phenoxy) is 2. The van der Waals surface area contributed by atoms with E-state index in [0.29, 0.717) is 19.0 Å². The molecule has 1 aliphatic rings. The zero-order chi connectivity index (χ0) is 15.6. The summed E-state index contributed by atoms with van der Waals surface area (Å²) in [6.07, 6.45) is 0.681. The monoisotopic (exact) mass is 287 g/mol. The van der Waals surface area contributed by atoms with Gasteiger partial charge >= 0.3 is 6.09 Å². The van der Waals surface area contributed by atoms with E-state index in [1.807, 2.05) is 34.6 Å². The van der Waals surface area contributed by atoms with Gasteiger partial charge in [0, 0.05) is 25.6 Å². The lowest BCUT2D eigenvalue weighted by Crippen LogP contribution is -2.47. The maximum absolute atomic E-state index is 12.0. The molecule has 1 atom stereocenters. The molecule has 0 aliphatic carbocycles. The van der Waals surface area contributed by atoms with Gasteiger partial charge in [0.2, 0.25) is 0 Å². The Morgan fingerprint density at radius 1 is 1.20 bits per heavy atom. The number of aliphatic hydroxyl groups is 1. The fourth-order valence-electron chi connectivity index (χ4n) is 2.64. The molecule has 0 spiro atoms. The van der Waals surface area contributed by atoms with E-state index in [1.165, 1.54) is 7.11 Å². The molecular weight excluding hydrogens is 258 g/mol. The predicted molar refractivity (Wildman–Crippen MR) is 77.3 cm³/mol. The van der Waals surface area contributed by atoms with Crippen LogP contribution in [-0.4, -0.2) is 48.2 Å². The largest absolute Gasteiger partial charge is 0.444 e. The molecule has 0 radical (unpaired) electrons. The van der Waals surface area contributed by atoms with Crippen molar-refractivity contribution in [2.75, 3.05) is 20.2 Å². The Kier molecular flexibility index (Phi) is 5.44. The number of aliphatic hydroxyl groups excluding tert-OH is 1. The third kappa shape index (κ3) is 4.35. The first-order valence-electron chi connectivity index (χ1n) is 7.26. The summed E-state index contributed by atoms with van der Waals surface area (Å²) in [6, 6.07) is 0. The van der Waals surface area contributed by atoms with Crippen LogP contribution in [0.2, 0.25) is 0 Å². The van der Waals surface area contributed by atoms with Crippen LogP contribution >= 0.6 is 0 Å². The number of hydrogen-bond donors (Lipinski definition) is 1. The number of rotatable bonds is 3. The number of hydrogen-bond acceptors (Lipinski definition) is 4. The molecule has 0 aromatic rings. The second-order valence-electron chi connectivity index (χ2n) is 7.15. The van der Waals surface area contributed by atoms with Crippen LogP contribution < -0.4 is 0 Å². The minimum absolute atomic E-state index is 0.249. The van der Waals surface area contributed by atoms with E-state index in [9.17, 15) is 9.90 Å². The second-order valence-corrected chi connectivity index (χ2v) is 7.15.